The van der Waals surface area contributed by atoms with E-state index >= 15 is 0 Å². The Kier molecular flexibility index (Phi) is 36.9. The van der Waals surface area contributed by atoms with E-state index in [1.165, 1.54) is 141 Å². The Morgan fingerprint density at radius 1 is 0.556 bits per heavy atom. The number of nitrogens with two attached hydrogens (primary N) is 1. The summed E-state index contributed by atoms with van der Waals surface area (Å²) in [5, 5.41) is 21.6. The van der Waals surface area contributed by atoms with Gasteiger partial charge in [-0.25, -0.2) is 0 Å². The van der Waals surface area contributed by atoms with E-state index in [0.717, 1.165) is 38.5 Å². The van der Waals surface area contributed by atoms with E-state index in [0.29, 0.717) is 12.8 Å². The largest absolute Gasteiger partial charge is 0.462 e. The molecule has 372 valence electrons. The zero-order valence-electron chi connectivity index (χ0n) is 39.5. The van der Waals surface area contributed by atoms with Crippen LogP contribution in [-0.2, 0) is 48.2 Å². The van der Waals surface area contributed by atoms with Gasteiger partial charge in [0.25, 0.3) is 10.1 Å². The van der Waals surface area contributed by atoms with Crippen molar-refractivity contribution in [2.24, 2.45) is 5.73 Å². The molecule has 0 radical (unpaired) electrons. The maximum absolute atomic E-state index is 12.9. The maximum Gasteiger partial charge on any atom is 0.307 e. The molecule has 1 heterocycles. The van der Waals surface area contributed by atoms with E-state index < -0.39 is 77.2 Å². The lowest BCUT2D eigenvalue weighted by Crippen LogP contribution is -2.61. The number of esters is 3. The van der Waals surface area contributed by atoms with Gasteiger partial charge in [-0.1, -0.05) is 194 Å². The molecular weight excluding hydrogens is 831 g/mol. The first kappa shape index (κ1) is 59.1. The standard InChI is InChI=1S/C48H91NO13S/c1-3-5-7-9-11-13-15-17-19-21-23-25-27-29-31-33-42(50)58-37-40(60-43(51)34-32-30-28-26-24-22-20-18-16-14-12-10-8-6-4-2)38-59-48-46(54)45(53)47(62-44(52)35-36-49)41(61-48)39-63(55,56)57/h40-41,45-48,53-54H,3-39,49H2,1-2H3,(H,55,56,57)/t40?,41-,45-,46-,47-,48-/m1/s1. The summed E-state index contributed by atoms with van der Waals surface area (Å²) in [6, 6.07) is 0. The molecule has 6 atom stereocenters. The van der Waals surface area contributed by atoms with Crippen molar-refractivity contribution < 1.29 is 61.3 Å². The van der Waals surface area contributed by atoms with Gasteiger partial charge in [0.05, 0.1) is 13.0 Å². The Balaban J connectivity index is 2.58. The van der Waals surface area contributed by atoms with E-state index in [-0.39, 0.29) is 32.4 Å². The van der Waals surface area contributed by atoms with Crippen LogP contribution < -0.4 is 5.73 Å². The minimum absolute atomic E-state index is 0.0800. The van der Waals surface area contributed by atoms with E-state index in [9.17, 15) is 37.6 Å². The van der Waals surface area contributed by atoms with Crippen LogP contribution in [-0.4, -0.2) is 103 Å². The molecule has 0 spiro atoms. The molecule has 0 aliphatic carbocycles. The minimum Gasteiger partial charge on any atom is -0.462 e. The number of carbonyl (C=O) groups is 3. The zero-order chi connectivity index (χ0) is 46.4. The minimum atomic E-state index is -4.70. The van der Waals surface area contributed by atoms with Crippen LogP contribution in [0.25, 0.3) is 0 Å². The Hall–Kier alpha value is -1.88. The normalized spacial score (nSPS) is 19.5. The molecule has 1 aliphatic heterocycles. The van der Waals surface area contributed by atoms with Gasteiger partial charge in [-0.2, -0.15) is 8.42 Å². The first-order chi connectivity index (χ1) is 30.4. The van der Waals surface area contributed by atoms with Gasteiger partial charge in [-0.05, 0) is 12.8 Å². The van der Waals surface area contributed by atoms with Gasteiger partial charge < -0.3 is 39.6 Å². The third-order valence-corrected chi connectivity index (χ3v) is 12.5. The molecule has 0 saturated carbocycles. The molecule has 1 rings (SSSR count). The van der Waals surface area contributed by atoms with Gasteiger partial charge >= 0.3 is 17.9 Å². The number of hydrogen-bond donors (Lipinski definition) is 4. The van der Waals surface area contributed by atoms with Crippen LogP contribution >= 0.6 is 0 Å². The van der Waals surface area contributed by atoms with E-state index in [4.69, 9.17) is 29.4 Å². The molecule has 1 aliphatic rings. The highest BCUT2D eigenvalue weighted by atomic mass is 32.2. The van der Waals surface area contributed by atoms with Crippen molar-refractivity contribution in [3.05, 3.63) is 0 Å². The van der Waals surface area contributed by atoms with E-state index in [2.05, 4.69) is 13.8 Å². The number of aliphatic hydroxyl groups is 2. The average molecular weight is 922 g/mol. The van der Waals surface area contributed by atoms with Crippen LogP contribution in [0.5, 0.6) is 0 Å². The van der Waals surface area contributed by atoms with Crippen molar-refractivity contribution in [1.82, 2.24) is 0 Å². The molecule has 0 bridgehead atoms. The third kappa shape index (κ3) is 33.3. The Bertz CT molecular complexity index is 1240. The summed E-state index contributed by atoms with van der Waals surface area (Å²) < 4.78 is 60.7. The SMILES string of the molecule is CCCCCCCCCCCCCCCCCC(=O)OCC(CO[C@@H]1O[C@H](CS(=O)(=O)O)[C@@H](OC(=O)CCN)[C@H](O)[C@H]1O)OC(=O)CCCCCCCCCCCCCCCCC. The summed E-state index contributed by atoms with van der Waals surface area (Å²) in [7, 11) is -4.70. The van der Waals surface area contributed by atoms with Crippen molar-refractivity contribution in [2.75, 3.05) is 25.5 Å². The molecule has 0 aromatic rings. The van der Waals surface area contributed by atoms with Crippen LogP contribution in [0.1, 0.15) is 226 Å². The summed E-state index contributed by atoms with van der Waals surface area (Å²) in [6.45, 7) is 3.63. The van der Waals surface area contributed by atoms with Crippen LogP contribution in [0, 0.1) is 0 Å². The van der Waals surface area contributed by atoms with E-state index in [1.807, 2.05) is 0 Å². The average Bonchev–Trinajstić information content (AvgIpc) is 3.24. The smallest absolute Gasteiger partial charge is 0.307 e. The van der Waals surface area contributed by atoms with Crippen molar-refractivity contribution in [1.29, 1.82) is 0 Å². The Morgan fingerprint density at radius 2 is 0.952 bits per heavy atom. The second-order valence-corrected chi connectivity index (χ2v) is 19.3. The molecular formula is C48H91NO13S. The van der Waals surface area contributed by atoms with Crippen molar-refractivity contribution in [3.8, 4) is 0 Å². The van der Waals surface area contributed by atoms with Crippen LogP contribution in [0.2, 0.25) is 0 Å². The number of hydrogen-bond acceptors (Lipinski definition) is 13. The molecule has 15 heteroatoms. The highest BCUT2D eigenvalue weighted by Gasteiger charge is 2.48. The van der Waals surface area contributed by atoms with E-state index in [1.54, 1.807) is 0 Å². The van der Waals surface area contributed by atoms with Gasteiger partial charge in [0.15, 0.2) is 18.5 Å². The van der Waals surface area contributed by atoms with Crippen LogP contribution in [0.15, 0.2) is 0 Å². The second-order valence-electron chi connectivity index (χ2n) is 17.8. The van der Waals surface area contributed by atoms with Crippen LogP contribution in [0.4, 0.5) is 0 Å². The van der Waals surface area contributed by atoms with Gasteiger partial charge in [0.1, 0.15) is 30.7 Å². The molecule has 0 aromatic carbocycles. The fourth-order valence-electron chi connectivity index (χ4n) is 7.96. The molecule has 0 aromatic heterocycles. The van der Waals surface area contributed by atoms with Crippen molar-refractivity contribution >= 4 is 28.0 Å². The predicted octanol–water partition coefficient (Wildman–Crippen LogP) is 9.58. The highest BCUT2D eigenvalue weighted by molar-refractivity contribution is 7.85. The Labute approximate surface area is 381 Å². The maximum atomic E-state index is 12.9. The molecule has 1 unspecified atom stereocenters. The number of rotatable bonds is 43. The third-order valence-electron chi connectivity index (χ3n) is 11.8. The van der Waals surface area contributed by atoms with Gasteiger partial charge in [0.2, 0.25) is 0 Å². The lowest BCUT2D eigenvalue weighted by Gasteiger charge is -2.41. The number of ether oxygens (including phenoxy) is 5. The summed E-state index contributed by atoms with van der Waals surface area (Å²) in [5.41, 5.74) is 5.39. The lowest BCUT2D eigenvalue weighted by atomic mass is 9.99. The molecule has 5 N–H and O–H groups in total. The lowest BCUT2D eigenvalue weighted by molar-refractivity contribution is -0.299. The number of carbonyl (C=O) groups excluding carboxylic acids is 3. The first-order valence-electron chi connectivity index (χ1n) is 25.2. The van der Waals surface area contributed by atoms with Crippen LogP contribution in [0.3, 0.4) is 0 Å². The summed E-state index contributed by atoms with van der Waals surface area (Å²) in [5.74, 6) is -2.92. The van der Waals surface area contributed by atoms with Gasteiger partial charge in [0, 0.05) is 19.4 Å². The fraction of sp³-hybridized carbons (Fsp3) is 0.938. The molecule has 1 fully saturated rings. The second kappa shape index (κ2) is 39.3. The quantitative estimate of drug-likeness (QED) is 0.0194. The molecule has 0 amide bonds. The molecule has 14 nitrogen and oxygen atoms in total. The number of aliphatic hydroxyl groups excluding tert-OH is 2. The van der Waals surface area contributed by atoms with Crippen molar-refractivity contribution in [2.45, 2.75) is 263 Å². The van der Waals surface area contributed by atoms with Gasteiger partial charge in [-0.3, -0.25) is 18.9 Å². The summed E-state index contributed by atoms with van der Waals surface area (Å²) >= 11 is 0. The summed E-state index contributed by atoms with van der Waals surface area (Å²) in [4.78, 5) is 37.8. The first-order valence-corrected chi connectivity index (χ1v) is 26.9. The molecule has 1 saturated heterocycles. The topological polar surface area (TPSA) is 218 Å². The Morgan fingerprint density at radius 3 is 1.35 bits per heavy atom. The van der Waals surface area contributed by atoms with Gasteiger partial charge in [-0.15, -0.1) is 0 Å². The van der Waals surface area contributed by atoms with Crippen molar-refractivity contribution in [3.63, 3.8) is 0 Å². The summed E-state index contributed by atoms with van der Waals surface area (Å²) in [6.07, 6.45) is 26.4. The molecule has 63 heavy (non-hydrogen) atoms. The zero-order valence-corrected chi connectivity index (χ0v) is 40.4. The predicted molar refractivity (Wildman–Crippen MR) is 247 cm³/mol. The fourth-order valence-corrected chi connectivity index (χ4v) is 8.65. The highest BCUT2D eigenvalue weighted by Crippen LogP contribution is 2.27. The number of unbranched alkanes of at least 4 members (excludes halogenated alkanes) is 28. The monoisotopic (exact) mass is 922 g/mol.